The molecule has 1 aromatic rings. The largest absolute Gasteiger partial charge is 0.789 e. The highest BCUT2D eigenvalue weighted by Gasteiger charge is 1.92. The van der Waals surface area contributed by atoms with Crippen LogP contribution in [0.1, 0.15) is 5.82 Å². The average molecular weight is 224 g/mol. The van der Waals surface area contributed by atoms with E-state index in [2.05, 4.69) is 10.1 Å². The molecule has 5 heteroatoms. The van der Waals surface area contributed by atoms with Gasteiger partial charge >= 0.3 is 0 Å². The summed E-state index contributed by atoms with van der Waals surface area (Å²) in [5.74, 6) is 0.518. The fourth-order valence-electron chi connectivity index (χ4n) is 0.371. The molecule has 1 rings (SSSR count). The third-order valence-electron chi connectivity index (χ3n) is 0.647. The summed E-state index contributed by atoms with van der Waals surface area (Å²) in [5, 5.41) is 13.8. The zero-order valence-electron chi connectivity index (χ0n) is 4.13. The van der Waals surface area contributed by atoms with Crippen molar-refractivity contribution in [2.75, 3.05) is 0 Å². The highest BCUT2D eigenvalue weighted by atomic mass is 127. The molecule has 0 fully saturated rings. The van der Waals surface area contributed by atoms with Crippen molar-refractivity contribution in [1.82, 2.24) is 14.9 Å². The van der Waals surface area contributed by atoms with E-state index in [9.17, 15) is 5.21 Å². The molecular weight excluding hydrogens is 221 g/mol. The van der Waals surface area contributed by atoms with Crippen LogP contribution in [0.25, 0.3) is 0 Å². The first-order chi connectivity index (χ1) is 3.70. The molecule has 0 aliphatic carbocycles. The summed E-state index contributed by atoms with van der Waals surface area (Å²) >= 11 is 1.82. The summed E-state index contributed by atoms with van der Waals surface area (Å²) in [5.41, 5.74) is 0. The smallest absolute Gasteiger partial charge is 0.185 e. The van der Waals surface area contributed by atoms with Gasteiger partial charge in [0.15, 0.2) is 3.83 Å². The Kier molecular flexibility index (Phi) is 1.37. The minimum atomic E-state index is 0.375. The lowest BCUT2D eigenvalue weighted by Crippen LogP contribution is -1.89. The Bertz CT molecular complexity index is 177. The van der Waals surface area contributed by atoms with E-state index >= 15 is 0 Å². The van der Waals surface area contributed by atoms with Crippen molar-refractivity contribution < 1.29 is 0 Å². The van der Waals surface area contributed by atoms with Crippen LogP contribution in [0.2, 0.25) is 0 Å². The molecular formula is C3H3IN3O-. The van der Waals surface area contributed by atoms with Crippen molar-refractivity contribution >= 4 is 22.6 Å². The van der Waals surface area contributed by atoms with E-state index in [0.717, 1.165) is 0 Å². The molecule has 0 amide bonds. The summed E-state index contributed by atoms with van der Waals surface area (Å²) in [6, 6.07) is 0. The van der Waals surface area contributed by atoms with E-state index in [1.165, 1.54) is 0 Å². The van der Waals surface area contributed by atoms with Crippen molar-refractivity contribution in [3.63, 3.8) is 0 Å². The summed E-state index contributed by atoms with van der Waals surface area (Å²) < 4.78 is 0.375. The molecule has 0 aromatic carbocycles. The van der Waals surface area contributed by atoms with E-state index in [-0.39, 0.29) is 0 Å². The zero-order valence-corrected chi connectivity index (χ0v) is 6.29. The lowest BCUT2D eigenvalue weighted by molar-refractivity contribution is 0.848. The monoisotopic (exact) mass is 224 g/mol. The van der Waals surface area contributed by atoms with Crippen LogP contribution in [-0.4, -0.2) is 14.9 Å². The Morgan fingerprint density at radius 3 is 2.50 bits per heavy atom. The molecule has 0 bridgehead atoms. The summed E-state index contributed by atoms with van der Waals surface area (Å²) in [6.07, 6.45) is 0. The number of hydrogen-bond donors (Lipinski definition) is 0. The van der Waals surface area contributed by atoms with Crippen LogP contribution in [-0.2, 0) is 0 Å². The van der Waals surface area contributed by atoms with Crippen molar-refractivity contribution in [2.24, 2.45) is 0 Å². The standard InChI is InChI=1S/C3H3IN3O/c1-2-5-3(4)7(8)6-2/h1H3/q-1. The van der Waals surface area contributed by atoms with E-state index in [1.807, 2.05) is 22.6 Å². The van der Waals surface area contributed by atoms with Gasteiger partial charge in [-0.3, -0.25) is 4.85 Å². The molecule has 44 valence electrons. The van der Waals surface area contributed by atoms with E-state index in [0.29, 0.717) is 14.5 Å². The quantitative estimate of drug-likeness (QED) is 0.604. The molecule has 8 heavy (non-hydrogen) atoms. The third-order valence-corrected chi connectivity index (χ3v) is 1.30. The molecule has 4 nitrogen and oxygen atoms in total. The lowest BCUT2D eigenvalue weighted by atomic mass is 10.8. The van der Waals surface area contributed by atoms with Crippen LogP contribution in [0.5, 0.6) is 0 Å². The summed E-state index contributed by atoms with van der Waals surface area (Å²) in [6.45, 7) is 1.68. The number of nitrogens with zero attached hydrogens (tertiary/aromatic N) is 3. The van der Waals surface area contributed by atoms with Crippen molar-refractivity contribution in [2.45, 2.75) is 6.92 Å². The fraction of sp³-hybridized carbons (Fsp3) is 0.333. The topological polar surface area (TPSA) is 53.8 Å². The molecule has 0 radical (unpaired) electrons. The predicted molar refractivity (Wildman–Crippen MR) is 36.2 cm³/mol. The average Bonchev–Trinajstić information content (AvgIpc) is 1.85. The van der Waals surface area contributed by atoms with Gasteiger partial charge in [0.25, 0.3) is 0 Å². The van der Waals surface area contributed by atoms with E-state index in [1.54, 1.807) is 6.92 Å². The second-order valence-electron chi connectivity index (χ2n) is 1.30. The first kappa shape index (κ1) is 5.80. The molecule has 0 saturated carbocycles. The molecule has 0 aliphatic rings. The van der Waals surface area contributed by atoms with Crippen LogP contribution in [0, 0.1) is 16.0 Å². The second kappa shape index (κ2) is 1.88. The molecule has 1 heterocycles. The van der Waals surface area contributed by atoms with Gasteiger partial charge in [-0.25, -0.2) is 4.98 Å². The van der Waals surface area contributed by atoms with Crippen LogP contribution in [0.3, 0.4) is 0 Å². The van der Waals surface area contributed by atoms with Gasteiger partial charge in [-0.15, -0.1) is 0 Å². The number of aromatic nitrogens is 3. The fourth-order valence-corrected chi connectivity index (χ4v) is 0.828. The maximum Gasteiger partial charge on any atom is 0.185 e. The van der Waals surface area contributed by atoms with Gasteiger partial charge in [0, 0.05) is 22.6 Å². The minimum Gasteiger partial charge on any atom is -0.789 e. The van der Waals surface area contributed by atoms with Gasteiger partial charge in [-0.2, -0.15) is 5.10 Å². The number of hydrogen-bond acceptors (Lipinski definition) is 3. The Morgan fingerprint density at radius 2 is 2.38 bits per heavy atom. The maximum absolute atomic E-state index is 10.4. The molecule has 0 atom stereocenters. The number of aryl methyl sites for hydroxylation is 1. The van der Waals surface area contributed by atoms with E-state index in [4.69, 9.17) is 0 Å². The Labute approximate surface area is 59.6 Å². The predicted octanol–water partition coefficient (Wildman–Crippen LogP) is 0.537. The van der Waals surface area contributed by atoms with Crippen LogP contribution < -0.4 is 0 Å². The Balaban J connectivity index is 3.14. The van der Waals surface area contributed by atoms with Crippen LogP contribution in [0.15, 0.2) is 0 Å². The number of rotatable bonds is 0. The highest BCUT2D eigenvalue weighted by Crippen LogP contribution is 1.97. The van der Waals surface area contributed by atoms with Crippen molar-refractivity contribution in [3.8, 4) is 0 Å². The number of halogens is 1. The third kappa shape index (κ3) is 0.908. The van der Waals surface area contributed by atoms with Gasteiger partial charge in [0.1, 0.15) is 5.82 Å². The molecule has 0 aliphatic heterocycles. The van der Waals surface area contributed by atoms with Crippen LogP contribution >= 0.6 is 22.6 Å². The molecule has 1 aromatic heterocycles. The van der Waals surface area contributed by atoms with Gasteiger partial charge in [-0.05, 0) is 6.92 Å². The molecule has 0 spiro atoms. The second-order valence-corrected chi connectivity index (χ2v) is 2.27. The van der Waals surface area contributed by atoms with Crippen LogP contribution in [0.4, 0.5) is 0 Å². The van der Waals surface area contributed by atoms with E-state index < -0.39 is 0 Å². The normalized spacial score (nSPS) is 9.75. The zero-order chi connectivity index (χ0) is 6.15. The van der Waals surface area contributed by atoms with Crippen molar-refractivity contribution in [3.05, 3.63) is 14.9 Å². The Morgan fingerprint density at radius 1 is 1.75 bits per heavy atom. The lowest BCUT2D eigenvalue weighted by Gasteiger charge is -1.99. The SMILES string of the molecule is Cc1nc(I)n([O-])n1. The van der Waals surface area contributed by atoms with Gasteiger partial charge in [-0.1, -0.05) is 0 Å². The van der Waals surface area contributed by atoms with Gasteiger partial charge < -0.3 is 5.21 Å². The van der Waals surface area contributed by atoms with Gasteiger partial charge in [0.2, 0.25) is 0 Å². The summed E-state index contributed by atoms with van der Waals surface area (Å²) in [4.78, 5) is 4.23. The minimum absolute atomic E-state index is 0.375. The summed E-state index contributed by atoms with van der Waals surface area (Å²) in [7, 11) is 0. The molecule has 0 saturated heterocycles. The Hall–Kier alpha value is -0.330. The maximum atomic E-state index is 10.4. The molecule has 0 unspecified atom stereocenters. The molecule has 0 N–H and O–H groups in total. The highest BCUT2D eigenvalue weighted by molar-refractivity contribution is 14.1. The van der Waals surface area contributed by atoms with Gasteiger partial charge in [0.05, 0.1) is 0 Å². The first-order valence-electron chi connectivity index (χ1n) is 1.97. The van der Waals surface area contributed by atoms with Crippen molar-refractivity contribution in [1.29, 1.82) is 0 Å². The first-order valence-corrected chi connectivity index (χ1v) is 3.04.